The molecule has 7 nitrogen and oxygen atoms in total. The van der Waals surface area contributed by atoms with Crippen LogP contribution in [0.25, 0.3) is 22.0 Å². The van der Waals surface area contributed by atoms with E-state index in [9.17, 15) is 4.79 Å². The molecule has 1 N–H and O–H groups in total. The number of rotatable bonds is 4. The molecular weight excluding hydrogens is 342 g/mol. The van der Waals surface area contributed by atoms with Crippen molar-refractivity contribution in [1.82, 2.24) is 19.9 Å². The number of carbonyl (C=O) groups is 1. The van der Waals surface area contributed by atoms with E-state index in [4.69, 9.17) is 4.74 Å². The molecule has 27 heavy (non-hydrogen) atoms. The highest BCUT2D eigenvalue weighted by Crippen LogP contribution is 2.23. The Morgan fingerprint density at radius 3 is 2.81 bits per heavy atom. The van der Waals surface area contributed by atoms with Crippen LogP contribution in [0.15, 0.2) is 42.9 Å². The van der Waals surface area contributed by atoms with Crippen molar-refractivity contribution in [3.8, 4) is 11.1 Å². The highest BCUT2D eigenvalue weighted by atomic mass is 16.5. The average Bonchev–Trinajstić information content (AvgIpc) is 2.68. The largest absolute Gasteiger partial charge is 0.379 e. The second-order valence-electron chi connectivity index (χ2n) is 6.65. The summed E-state index contributed by atoms with van der Waals surface area (Å²) < 4.78 is 5.30. The molecule has 0 atom stereocenters. The molecule has 4 rings (SSSR count). The summed E-state index contributed by atoms with van der Waals surface area (Å²) in [7, 11) is 0. The third kappa shape index (κ3) is 4.27. The van der Waals surface area contributed by atoms with Crippen LogP contribution in [0.3, 0.4) is 0 Å². The first-order chi connectivity index (χ1) is 13.2. The molecule has 0 spiro atoms. The summed E-state index contributed by atoms with van der Waals surface area (Å²) in [5.74, 6) is 0.204. The minimum atomic E-state index is -0.115. The van der Waals surface area contributed by atoms with Crippen LogP contribution in [0.5, 0.6) is 0 Å². The van der Waals surface area contributed by atoms with Gasteiger partial charge in [-0.2, -0.15) is 0 Å². The fourth-order valence-corrected chi connectivity index (χ4v) is 3.10. The Morgan fingerprint density at radius 2 is 2.00 bits per heavy atom. The van der Waals surface area contributed by atoms with E-state index in [0.29, 0.717) is 25.7 Å². The molecule has 0 unspecified atom stereocenters. The SMILES string of the molecule is Cc1cncc(-c2ccc3cnc(NC(=O)CN4CCOCC4)nc3c2)c1. The standard InChI is InChI=1S/C20H21N5O2/c1-14-8-17(11-21-10-14)15-2-3-16-12-22-20(23-18(16)9-15)24-19(26)13-25-4-6-27-7-5-25/h2-3,8-12H,4-7,13H2,1H3,(H,22,23,24,26). The Labute approximate surface area is 157 Å². The minimum absolute atomic E-state index is 0.115. The van der Waals surface area contributed by atoms with E-state index in [2.05, 4.69) is 31.2 Å². The van der Waals surface area contributed by atoms with Gasteiger partial charge in [0.25, 0.3) is 0 Å². The van der Waals surface area contributed by atoms with Crippen molar-refractivity contribution in [2.24, 2.45) is 0 Å². The molecule has 138 valence electrons. The van der Waals surface area contributed by atoms with Crippen LogP contribution in [0.1, 0.15) is 5.56 Å². The molecule has 7 heteroatoms. The van der Waals surface area contributed by atoms with Crippen molar-refractivity contribution >= 4 is 22.8 Å². The van der Waals surface area contributed by atoms with Gasteiger partial charge in [-0.1, -0.05) is 12.1 Å². The summed E-state index contributed by atoms with van der Waals surface area (Å²) in [6, 6.07) is 8.08. The summed E-state index contributed by atoms with van der Waals surface area (Å²) in [6.07, 6.45) is 5.39. The van der Waals surface area contributed by atoms with E-state index >= 15 is 0 Å². The number of anilines is 1. The van der Waals surface area contributed by atoms with Gasteiger partial charge in [-0.3, -0.25) is 20.0 Å². The maximum Gasteiger partial charge on any atom is 0.240 e. The number of hydrogen-bond donors (Lipinski definition) is 1. The van der Waals surface area contributed by atoms with Gasteiger partial charge in [0.15, 0.2) is 0 Å². The number of aromatic nitrogens is 3. The van der Waals surface area contributed by atoms with Crippen molar-refractivity contribution in [3.63, 3.8) is 0 Å². The summed E-state index contributed by atoms with van der Waals surface area (Å²) >= 11 is 0. The molecule has 1 aromatic carbocycles. The van der Waals surface area contributed by atoms with Gasteiger partial charge < -0.3 is 4.74 Å². The van der Waals surface area contributed by atoms with Gasteiger partial charge in [-0.15, -0.1) is 0 Å². The van der Waals surface area contributed by atoms with Gasteiger partial charge in [-0.05, 0) is 30.2 Å². The van der Waals surface area contributed by atoms with E-state index in [1.54, 1.807) is 6.20 Å². The van der Waals surface area contributed by atoms with E-state index in [-0.39, 0.29) is 5.91 Å². The highest BCUT2D eigenvalue weighted by Gasteiger charge is 2.15. The van der Waals surface area contributed by atoms with Crippen LogP contribution in [-0.4, -0.2) is 58.6 Å². The lowest BCUT2D eigenvalue weighted by atomic mass is 10.0. The fraction of sp³-hybridized carbons (Fsp3) is 0.300. The molecule has 3 heterocycles. The predicted molar refractivity (Wildman–Crippen MR) is 103 cm³/mol. The van der Waals surface area contributed by atoms with Crippen molar-refractivity contribution in [2.45, 2.75) is 6.92 Å². The number of benzene rings is 1. The normalized spacial score (nSPS) is 15.0. The number of morpholine rings is 1. The molecule has 0 bridgehead atoms. The number of amides is 1. The maximum absolute atomic E-state index is 12.3. The van der Waals surface area contributed by atoms with E-state index in [1.807, 2.05) is 37.5 Å². The summed E-state index contributed by atoms with van der Waals surface area (Å²) in [5, 5.41) is 3.72. The number of carbonyl (C=O) groups excluding carboxylic acids is 1. The van der Waals surface area contributed by atoms with Crippen molar-refractivity contribution in [3.05, 3.63) is 48.4 Å². The van der Waals surface area contributed by atoms with Crippen LogP contribution in [0.2, 0.25) is 0 Å². The number of nitrogens with zero attached hydrogens (tertiary/aromatic N) is 4. The molecule has 0 radical (unpaired) electrons. The Kier molecular flexibility index (Phi) is 5.04. The van der Waals surface area contributed by atoms with Crippen LogP contribution in [-0.2, 0) is 9.53 Å². The lowest BCUT2D eigenvalue weighted by Crippen LogP contribution is -2.41. The van der Waals surface area contributed by atoms with Crippen molar-refractivity contribution in [1.29, 1.82) is 0 Å². The first kappa shape index (κ1) is 17.5. The number of pyridine rings is 1. The van der Waals surface area contributed by atoms with Crippen LogP contribution < -0.4 is 5.32 Å². The second-order valence-corrected chi connectivity index (χ2v) is 6.65. The van der Waals surface area contributed by atoms with E-state index < -0.39 is 0 Å². The topological polar surface area (TPSA) is 80.2 Å². The van der Waals surface area contributed by atoms with E-state index in [1.165, 1.54) is 0 Å². The minimum Gasteiger partial charge on any atom is -0.379 e. The molecule has 1 aliphatic rings. The van der Waals surface area contributed by atoms with Gasteiger partial charge in [0.1, 0.15) is 0 Å². The summed E-state index contributed by atoms with van der Waals surface area (Å²) in [6.45, 7) is 5.19. The fourth-order valence-electron chi connectivity index (χ4n) is 3.10. The number of nitrogens with one attached hydrogen (secondary N) is 1. The molecule has 1 saturated heterocycles. The average molecular weight is 363 g/mol. The molecule has 1 fully saturated rings. The molecule has 1 aliphatic heterocycles. The maximum atomic E-state index is 12.3. The highest BCUT2D eigenvalue weighted by molar-refractivity contribution is 5.92. The number of aryl methyl sites for hydroxylation is 1. The molecule has 2 aromatic heterocycles. The molecule has 0 saturated carbocycles. The van der Waals surface area contributed by atoms with Crippen LogP contribution in [0.4, 0.5) is 5.95 Å². The van der Waals surface area contributed by atoms with Crippen molar-refractivity contribution < 1.29 is 9.53 Å². The molecule has 3 aromatic rings. The first-order valence-electron chi connectivity index (χ1n) is 8.96. The van der Waals surface area contributed by atoms with Gasteiger partial charge in [0.2, 0.25) is 11.9 Å². The van der Waals surface area contributed by atoms with Crippen LogP contribution >= 0.6 is 0 Å². The van der Waals surface area contributed by atoms with E-state index in [0.717, 1.165) is 40.7 Å². The van der Waals surface area contributed by atoms with Gasteiger partial charge >= 0.3 is 0 Å². The molecular formula is C20H21N5O2. The Hall–Kier alpha value is -2.90. The third-order valence-electron chi connectivity index (χ3n) is 4.51. The number of hydrogen-bond acceptors (Lipinski definition) is 6. The first-order valence-corrected chi connectivity index (χ1v) is 8.96. The van der Waals surface area contributed by atoms with Gasteiger partial charge in [-0.25, -0.2) is 9.97 Å². The zero-order valence-electron chi connectivity index (χ0n) is 15.2. The smallest absolute Gasteiger partial charge is 0.240 e. The quantitative estimate of drug-likeness (QED) is 0.766. The predicted octanol–water partition coefficient (Wildman–Crippen LogP) is 2.27. The zero-order valence-corrected chi connectivity index (χ0v) is 15.2. The number of ether oxygens (including phenoxy) is 1. The monoisotopic (exact) mass is 363 g/mol. The Balaban J connectivity index is 1.53. The lowest BCUT2D eigenvalue weighted by Gasteiger charge is -2.25. The second kappa shape index (κ2) is 7.77. The van der Waals surface area contributed by atoms with Gasteiger partial charge in [0.05, 0.1) is 25.3 Å². The van der Waals surface area contributed by atoms with Crippen LogP contribution in [0, 0.1) is 6.92 Å². The van der Waals surface area contributed by atoms with Crippen molar-refractivity contribution in [2.75, 3.05) is 38.2 Å². The Morgan fingerprint density at radius 1 is 1.15 bits per heavy atom. The molecule has 0 aliphatic carbocycles. The summed E-state index contributed by atoms with van der Waals surface area (Å²) in [4.78, 5) is 27.3. The van der Waals surface area contributed by atoms with Gasteiger partial charge in [0, 0.05) is 42.6 Å². The zero-order chi connectivity index (χ0) is 18.6. The lowest BCUT2D eigenvalue weighted by molar-refractivity contribution is -0.118. The summed E-state index contributed by atoms with van der Waals surface area (Å²) in [5.41, 5.74) is 3.95. The Bertz CT molecular complexity index is 969. The number of fused-ring (bicyclic) bond motifs is 1. The molecule has 1 amide bonds. The third-order valence-corrected chi connectivity index (χ3v) is 4.51.